The van der Waals surface area contributed by atoms with Gasteiger partial charge in [0.1, 0.15) is 0 Å². The first-order valence-corrected chi connectivity index (χ1v) is 8.67. The van der Waals surface area contributed by atoms with Gasteiger partial charge in [0.2, 0.25) is 0 Å². The van der Waals surface area contributed by atoms with Gasteiger partial charge in [-0.15, -0.1) is 0 Å². The van der Waals surface area contributed by atoms with Crippen LogP contribution in [0.3, 0.4) is 0 Å². The molecule has 1 rings (SSSR count). The van der Waals surface area contributed by atoms with Crippen LogP contribution in [0.25, 0.3) is 0 Å². The van der Waals surface area contributed by atoms with Crippen molar-refractivity contribution in [2.45, 2.75) is 33.6 Å². The maximum atomic E-state index is 6.21. The normalized spacial score (nSPS) is 38.2. The fourth-order valence-corrected chi connectivity index (χ4v) is 4.66. The summed E-state index contributed by atoms with van der Waals surface area (Å²) in [6.07, 6.45) is 4.74. The van der Waals surface area contributed by atoms with Crippen molar-refractivity contribution >= 4 is 29.3 Å². The van der Waals surface area contributed by atoms with Crippen LogP contribution in [0.1, 0.15) is 33.6 Å². The number of rotatable bonds is 0. The summed E-state index contributed by atoms with van der Waals surface area (Å²) >= 11 is 11.6. The lowest BCUT2D eigenvalue weighted by Crippen LogP contribution is -2.26. The molecule has 0 amide bonds. The predicted molar refractivity (Wildman–Crippen MR) is 62.1 cm³/mol. The van der Waals surface area contributed by atoms with E-state index < -0.39 is 5.82 Å². The van der Waals surface area contributed by atoms with Crippen molar-refractivity contribution < 1.29 is 0 Å². The van der Waals surface area contributed by atoms with E-state index >= 15 is 0 Å². The van der Waals surface area contributed by atoms with E-state index in [0.29, 0.717) is 5.41 Å². The zero-order chi connectivity index (χ0) is 9.41. The topological polar surface area (TPSA) is 0 Å². The van der Waals surface area contributed by atoms with E-state index in [1.165, 1.54) is 12.8 Å². The lowest BCUT2D eigenvalue weighted by molar-refractivity contribution is 0.224. The lowest BCUT2D eigenvalue weighted by Gasteiger charge is -2.39. The van der Waals surface area contributed by atoms with Crippen LogP contribution in [0, 0.1) is 11.3 Å². The van der Waals surface area contributed by atoms with Crippen molar-refractivity contribution in [3.8, 4) is 0 Å². The van der Waals surface area contributed by atoms with Crippen molar-refractivity contribution in [1.82, 2.24) is 0 Å². The summed E-state index contributed by atoms with van der Waals surface area (Å²) in [7, 11) is 0. The Balaban J connectivity index is 2.47. The van der Waals surface area contributed by atoms with Gasteiger partial charge in [0.05, 0.1) is 23.6 Å². The predicted octanol–water partition coefficient (Wildman–Crippen LogP) is 4.08. The SMILES string of the molecule is CC(C)(C)C1CC[P+]([S-])(Cl)CC1. The molecular formula is C9H18ClPS. The molecule has 0 unspecified atom stereocenters. The highest BCUT2D eigenvalue weighted by molar-refractivity contribution is 8.52. The van der Waals surface area contributed by atoms with Crippen LogP contribution in [0.4, 0.5) is 0 Å². The molecule has 0 aromatic heterocycles. The van der Waals surface area contributed by atoms with E-state index in [1.54, 1.807) is 0 Å². The van der Waals surface area contributed by atoms with Gasteiger partial charge in [-0.2, -0.15) is 0 Å². The molecule has 1 fully saturated rings. The van der Waals surface area contributed by atoms with Crippen molar-refractivity contribution in [1.29, 1.82) is 0 Å². The highest BCUT2D eigenvalue weighted by Crippen LogP contribution is 2.66. The molecule has 0 aliphatic carbocycles. The highest BCUT2D eigenvalue weighted by Gasteiger charge is 2.35. The van der Waals surface area contributed by atoms with Crippen LogP contribution in [0.15, 0.2) is 0 Å². The molecule has 0 atom stereocenters. The van der Waals surface area contributed by atoms with Gasteiger partial charge >= 0.3 is 0 Å². The van der Waals surface area contributed by atoms with E-state index in [4.69, 9.17) is 23.5 Å². The van der Waals surface area contributed by atoms with Gasteiger partial charge in [0, 0.05) is 0 Å². The number of halogens is 1. The summed E-state index contributed by atoms with van der Waals surface area (Å²) in [5, 5.41) is 0. The molecule has 0 N–H and O–H groups in total. The molecule has 1 aliphatic rings. The summed E-state index contributed by atoms with van der Waals surface area (Å²) in [4.78, 5) is 0. The Morgan fingerprint density at radius 2 is 1.67 bits per heavy atom. The standard InChI is InChI=1S/C9H18ClPS/c1-9(2,3)8-4-6-11(10,12)7-5-8/h8H,4-7H2,1-3H3. The molecule has 0 bridgehead atoms. The van der Waals surface area contributed by atoms with Crippen LogP contribution in [-0.4, -0.2) is 12.3 Å². The number of hydrogen-bond acceptors (Lipinski definition) is 1. The van der Waals surface area contributed by atoms with E-state index in [2.05, 4.69) is 20.8 Å². The average Bonchev–Trinajstić information content (AvgIpc) is 1.83. The van der Waals surface area contributed by atoms with Crippen LogP contribution in [-0.2, 0) is 12.2 Å². The first kappa shape index (κ1) is 11.1. The third-order valence-electron chi connectivity index (χ3n) is 2.85. The molecule has 12 heavy (non-hydrogen) atoms. The smallest absolute Gasteiger partial charge is 0.0606 e. The Bertz CT molecular complexity index is 152. The van der Waals surface area contributed by atoms with Crippen LogP contribution < -0.4 is 0 Å². The molecule has 1 heterocycles. The Morgan fingerprint density at radius 1 is 1.25 bits per heavy atom. The Morgan fingerprint density at radius 3 is 2.00 bits per heavy atom. The van der Waals surface area contributed by atoms with Gasteiger partial charge in [-0.3, -0.25) is 0 Å². The zero-order valence-corrected chi connectivity index (χ0v) is 10.6. The lowest BCUT2D eigenvalue weighted by atomic mass is 9.77. The molecule has 0 nitrogen and oxygen atoms in total. The van der Waals surface area contributed by atoms with Gasteiger partial charge in [-0.05, 0) is 30.0 Å². The van der Waals surface area contributed by atoms with Crippen LogP contribution in [0.5, 0.6) is 0 Å². The zero-order valence-electron chi connectivity index (χ0n) is 8.14. The molecule has 0 aromatic carbocycles. The summed E-state index contributed by atoms with van der Waals surface area (Å²) in [6.45, 7) is 6.96. The summed E-state index contributed by atoms with van der Waals surface area (Å²) < 4.78 is 0. The molecule has 1 saturated heterocycles. The second kappa shape index (κ2) is 3.67. The van der Waals surface area contributed by atoms with Gasteiger partial charge in [-0.1, -0.05) is 20.8 Å². The van der Waals surface area contributed by atoms with Gasteiger partial charge < -0.3 is 12.2 Å². The largest absolute Gasteiger partial charge is 0.538 e. The molecule has 0 saturated carbocycles. The van der Waals surface area contributed by atoms with Crippen molar-refractivity contribution in [3.63, 3.8) is 0 Å². The van der Waals surface area contributed by atoms with E-state index in [-0.39, 0.29) is 0 Å². The average molecular weight is 225 g/mol. The minimum Gasteiger partial charge on any atom is -0.538 e. The van der Waals surface area contributed by atoms with Crippen molar-refractivity contribution in [2.75, 3.05) is 12.3 Å². The quantitative estimate of drug-likeness (QED) is 0.442. The highest BCUT2D eigenvalue weighted by atomic mass is 35.7. The summed E-state index contributed by atoms with van der Waals surface area (Å²) in [6, 6.07) is 0. The molecule has 3 heteroatoms. The maximum Gasteiger partial charge on any atom is 0.0606 e. The van der Waals surface area contributed by atoms with Crippen molar-refractivity contribution in [2.24, 2.45) is 11.3 Å². The van der Waals surface area contributed by atoms with E-state index in [1.807, 2.05) is 0 Å². The summed E-state index contributed by atoms with van der Waals surface area (Å²) in [5.74, 6) is -0.548. The Hall–Kier alpha value is 1.07. The first-order chi connectivity index (χ1) is 5.31. The van der Waals surface area contributed by atoms with Gasteiger partial charge in [0.25, 0.3) is 0 Å². The fourth-order valence-electron chi connectivity index (χ4n) is 1.82. The fraction of sp³-hybridized carbons (Fsp3) is 1.00. The van der Waals surface area contributed by atoms with Gasteiger partial charge in [0.15, 0.2) is 0 Å². The van der Waals surface area contributed by atoms with Crippen LogP contribution >= 0.6 is 17.1 Å². The van der Waals surface area contributed by atoms with E-state index in [0.717, 1.165) is 18.2 Å². The maximum absolute atomic E-state index is 6.21. The summed E-state index contributed by atoms with van der Waals surface area (Å²) in [5.41, 5.74) is 0.451. The molecule has 1 aliphatic heterocycles. The van der Waals surface area contributed by atoms with Crippen LogP contribution in [0.2, 0.25) is 0 Å². The molecule has 0 radical (unpaired) electrons. The third kappa shape index (κ3) is 3.09. The second-order valence-corrected chi connectivity index (χ2v) is 12.0. The molecule has 0 spiro atoms. The van der Waals surface area contributed by atoms with E-state index in [9.17, 15) is 0 Å². The Kier molecular flexibility index (Phi) is 3.41. The molecule has 0 aromatic rings. The molecule has 72 valence electrons. The molecular weight excluding hydrogens is 207 g/mol. The number of hydrogen-bond donors (Lipinski definition) is 0. The Labute approximate surface area is 86.7 Å². The van der Waals surface area contributed by atoms with Crippen molar-refractivity contribution in [3.05, 3.63) is 0 Å². The first-order valence-electron chi connectivity index (χ1n) is 4.59. The van der Waals surface area contributed by atoms with Gasteiger partial charge in [-0.25, -0.2) is 0 Å². The monoisotopic (exact) mass is 224 g/mol. The minimum absolute atomic E-state index is 0.451. The minimum atomic E-state index is -1.39. The third-order valence-corrected chi connectivity index (χ3v) is 6.81. The second-order valence-electron chi connectivity index (χ2n) is 4.88.